The first-order valence-corrected chi connectivity index (χ1v) is 6.99. The second-order valence-corrected chi connectivity index (χ2v) is 6.59. The first-order valence-electron chi connectivity index (χ1n) is 6.61. The number of fused-ring (bicyclic) bond motifs is 1. The number of halogens is 1. The van der Waals surface area contributed by atoms with Crippen LogP contribution in [0.15, 0.2) is 41.5 Å². The molecule has 0 N–H and O–H groups in total. The minimum absolute atomic E-state index is 0.196. The fourth-order valence-electron chi connectivity index (χ4n) is 3.19. The second kappa shape index (κ2) is 4.08. The van der Waals surface area contributed by atoms with E-state index in [-0.39, 0.29) is 11.2 Å². The highest BCUT2D eigenvalue weighted by Crippen LogP contribution is 2.65. The first kappa shape index (κ1) is 12.7. The van der Waals surface area contributed by atoms with Gasteiger partial charge in [-0.15, -0.1) is 0 Å². The predicted molar refractivity (Wildman–Crippen MR) is 79.0 cm³/mol. The molecule has 0 aliphatic heterocycles. The van der Waals surface area contributed by atoms with Crippen LogP contribution in [0.25, 0.3) is 6.08 Å². The molecule has 0 aromatic heterocycles. The van der Waals surface area contributed by atoms with Crippen LogP contribution in [0, 0.1) is 17.3 Å². The van der Waals surface area contributed by atoms with Gasteiger partial charge in [0.25, 0.3) is 0 Å². The molecule has 2 aliphatic carbocycles. The summed E-state index contributed by atoms with van der Waals surface area (Å²) in [6.07, 6.45) is 4.17. The van der Waals surface area contributed by atoms with Crippen LogP contribution in [0.2, 0.25) is 5.02 Å². The number of Topliss-reactive ketones (excluding diaryl/α,β-unsaturated/α-hetero) is 1. The molecule has 1 aromatic carbocycles. The number of benzene rings is 1. The Kier molecular flexibility index (Phi) is 2.72. The van der Waals surface area contributed by atoms with E-state index in [9.17, 15) is 4.79 Å². The molecule has 98 valence electrons. The summed E-state index contributed by atoms with van der Waals surface area (Å²) in [7, 11) is 0. The van der Waals surface area contributed by atoms with Crippen molar-refractivity contribution in [1.29, 1.82) is 0 Å². The highest BCUT2D eigenvalue weighted by Gasteiger charge is 2.60. The lowest BCUT2D eigenvalue weighted by Crippen LogP contribution is -2.11. The maximum Gasteiger partial charge on any atom is 0.184 e. The summed E-state index contributed by atoms with van der Waals surface area (Å²) in [6, 6.07) is 7.64. The van der Waals surface area contributed by atoms with Gasteiger partial charge in [-0.3, -0.25) is 4.79 Å². The third-order valence-electron chi connectivity index (χ3n) is 4.49. The molecule has 19 heavy (non-hydrogen) atoms. The number of carbonyl (C=O) groups excluding carboxylic acids is 1. The molecule has 0 amide bonds. The molecule has 0 bridgehead atoms. The van der Waals surface area contributed by atoms with Gasteiger partial charge in [-0.2, -0.15) is 0 Å². The SMILES string of the molecule is CC1=C[C@@H]2[C@@H](/C(=C/c3ccc(Cl)cc3)C1=O)C2(C)C. The molecule has 3 rings (SSSR count). The minimum Gasteiger partial charge on any atom is -0.289 e. The van der Waals surface area contributed by atoms with Crippen LogP contribution in [-0.4, -0.2) is 5.78 Å². The fraction of sp³-hybridized carbons (Fsp3) is 0.353. The highest BCUT2D eigenvalue weighted by molar-refractivity contribution is 6.30. The highest BCUT2D eigenvalue weighted by atomic mass is 35.5. The van der Waals surface area contributed by atoms with Gasteiger partial charge in [0, 0.05) is 16.5 Å². The van der Waals surface area contributed by atoms with E-state index in [0.29, 0.717) is 11.8 Å². The fourth-order valence-corrected chi connectivity index (χ4v) is 3.32. The van der Waals surface area contributed by atoms with E-state index < -0.39 is 0 Å². The van der Waals surface area contributed by atoms with Crippen LogP contribution in [0.4, 0.5) is 0 Å². The molecule has 1 saturated carbocycles. The molecule has 0 radical (unpaired) electrons. The Bertz CT molecular complexity index is 605. The van der Waals surface area contributed by atoms with Crippen molar-refractivity contribution in [2.45, 2.75) is 20.8 Å². The summed E-state index contributed by atoms with van der Waals surface area (Å²) < 4.78 is 0. The lowest BCUT2D eigenvalue weighted by Gasteiger charge is -2.11. The quantitative estimate of drug-likeness (QED) is 0.687. The van der Waals surface area contributed by atoms with Crippen molar-refractivity contribution in [3.05, 3.63) is 52.1 Å². The topological polar surface area (TPSA) is 17.1 Å². The van der Waals surface area contributed by atoms with E-state index in [1.165, 1.54) is 0 Å². The largest absolute Gasteiger partial charge is 0.289 e. The summed E-state index contributed by atoms with van der Waals surface area (Å²) in [4.78, 5) is 12.4. The van der Waals surface area contributed by atoms with Gasteiger partial charge in [0.05, 0.1) is 0 Å². The molecular weight excluding hydrogens is 256 g/mol. The summed E-state index contributed by atoms with van der Waals surface area (Å²) in [6.45, 7) is 6.39. The maximum absolute atomic E-state index is 12.4. The number of ketones is 1. The van der Waals surface area contributed by atoms with Crippen LogP contribution in [0.5, 0.6) is 0 Å². The van der Waals surface area contributed by atoms with Crippen molar-refractivity contribution < 1.29 is 4.79 Å². The van der Waals surface area contributed by atoms with E-state index in [1.54, 1.807) is 0 Å². The van der Waals surface area contributed by atoms with Crippen molar-refractivity contribution in [3.8, 4) is 0 Å². The molecule has 0 saturated heterocycles. The van der Waals surface area contributed by atoms with Gasteiger partial charge < -0.3 is 0 Å². The standard InChI is InChI=1S/C17H17ClO/c1-10-8-14-15(17(14,2)3)13(16(10)19)9-11-4-6-12(18)7-5-11/h4-9,14-15H,1-3H3/b13-9-/t14-,15-/m1/s1. The Balaban J connectivity index is 2.02. The Morgan fingerprint density at radius 2 is 1.84 bits per heavy atom. The molecule has 0 unspecified atom stereocenters. The Morgan fingerprint density at radius 3 is 2.47 bits per heavy atom. The number of hydrogen-bond donors (Lipinski definition) is 0. The monoisotopic (exact) mass is 272 g/mol. The van der Waals surface area contributed by atoms with E-state index in [0.717, 1.165) is 21.7 Å². The Hall–Kier alpha value is -1.34. The Morgan fingerprint density at radius 1 is 1.21 bits per heavy atom. The lowest BCUT2D eigenvalue weighted by molar-refractivity contribution is -0.112. The summed E-state index contributed by atoms with van der Waals surface area (Å²) >= 11 is 5.89. The average Bonchev–Trinajstić information content (AvgIpc) is 2.89. The third kappa shape index (κ3) is 1.97. The molecule has 1 fully saturated rings. The summed E-state index contributed by atoms with van der Waals surface area (Å²) in [5.74, 6) is 1.09. The van der Waals surface area contributed by atoms with Gasteiger partial charge in [0.2, 0.25) is 0 Å². The van der Waals surface area contributed by atoms with Crippen molar-refractivity contribution in [2.75, 3.05) is 0 Å². The zero-order valence-electron chi connectivity index (χ0n) is 11.4. The smallest absolute Gasteiger partial charge is 0.184 e. The normalized spacial score (nSPS) is 30.0. The van der Waals surface area contributed by atoms with E-state index in [1.807, 2.05) is 37.3 Å². The maximum atomic E-state index is 12.4. The zero-order chi connectivity index (χ0) is 13.8. The third-order valence-corrected chi connectivity index (χ3v) is 4.74. The van der Waals surface area contributed by atoms with Gasteiger partial charge >= 0.3 is 0 Å². The molecule has 2 atom stereocenters. The van der Waals surface area contributed by atoms with E-state index >= 15 is 0 Å². The number of carbonyl (C=O) groups is 1. The van der Waals surface area contributed by atoms with Gasteiger partial charge in [-0.25, -0.2) is 0 Å². The van der Waals surface area contributed by atoms with Crippen LogP contribution >= 0.6 is 11.6 Å². The van der Waals surface area contributed by atoms with Gasteiger partial charge in [-0.05, 0) is 47.6 Å². The summed E-state index contributed by atoms with van der Waals surface area (Å²) in [5.41, 5.74) is 3.10. The molecule has 1 aromatic rings. The van der Waals surface area contributed by atoms with E-state index in [4.69, 9.17) is 11.6 Å². The molecular formula is C17H17ClO. The molecule has 2 heteroatoms. The molecule has 1 nitrogen and oxygen atoms in total. The van der Waals surface area contributed by atoms with Gasteiger partial charge in [0.15, 0.2) is 5.78 Å². The van der Waals surface area contributed by atoms with Gasteiger partial charge in [0.1, 0.15) is 0 Å². The van der Waals surface area contributed by atoms with Crippen molar-refractivity contribution in [3.63, 3.8) is 0 Å². The van der Waals surface area contributed by atoms with Crippen LogP contribution in [-0.2, 0) is 4.79 Å². The predicted octanol–water partition coefficient (Wildman–Crippen LogP) is 4.52. The number of rotatable bonds is 1. The zero-order valence-corrected chi connectivity index (χ0v) is 12.2. The van der Waals surface area contributed by atoms with Crippen molar-refractivity contribution in [2.24, 2.45) is 17.3 Å². The van der Waals surface area contributed by atoms with Gasteiger partial charge in [-0.1, -0.05) is 43.7 Å². The minimum atomic E-state index is 0.196. The van der Waals surface area contributed by atoms with Crippen LogP contribution < -0.4 is 0 Å². The van der Waals surface area contributed by atoms with E-state index in [2.05, 4.69) is 19.9 Å². The molecule has 0 heterocycles. The average molecular weight is 273 g/mol. The molecule has 0 spiro atoms. The molecule has 2 aliphatic rings. The van der Waals surface area contributed by atoms with Crippen LogP contribution in [0.1, 0.15) is 26.3 Å². The number of hydrogen-bond acceptors (Lipinski definition) is 1. The number of allylic oxidation sites excluding steroid dienone is 3. The van der Waals surface area contributed by atoms with Crippen LogP contribution in [0.3, 0.4) is 0 Å². The summed E-state index contributed by atoms with van der Waals surface area (Å²) in [5, 5.41) is 0.720. The lowest BCUT2D eigenvalue weighted by atomic mass is 9.91. The first-order chi connectivity index (χ1) is 8.91. The second-order valence-electron chi connectivity index (χ2n) is 6.15. The Labute approximate surface area is 119 Å². The van der Waals surface area contributed by atoms with Crippen molar-refractivity contribution >= 4 is 23.5 Å². The van der Waals surface area contributed by atoms with Crippen molar-refractivity contribution in [1.82, 2.24) is 0 Å².